The average Bonchev–Trinajstić information content (AvgIpc) is 3.29. The highest BCUT2D eigenvalue weighted by Gasteiger charge is 2.37. The number of halogens is 1. The predicted molar refractivity (Wildman–Crippen MR) is 102 cm³/mol. The molecule has 0 aliphatic heterocycles. The Bertz CT molecular complexity index is 737. The summed E-state index contributed by atoms with van der Waals surface area (Å²) in [4.78, 5) is 14.4. The molecule has 6 heteroatoms. The smallest absolute Gasteiger partial charge is 0.315 e. The van der Waals surface area contributed by atoms with Crippen molar-refractivity contribution in [2.45, 2.75) is 50.7 Å². The van der Waals surface area contributed by atoms with Crippen LogP contribution in [0, 0.1) is 5.82 Å². The highest BCUT2D eigenvalue weighted by Crippen LogP contribution is 2.44. The van der Waals surface area contributed by atoms with Gasteiger partial charge in [0.25, 0.3) is 0 Å². The van der Waals surface area contributed by atoms with E-state index in [0.717, 1.165) is 36.1 Å². The molecule has 0 saturated heterocycles. The van der Waals surface area contributed by atoms with E-state index in [1.807, 2.05) is 6.07 Å². The van der Waals surface area contributed by atoms with Gasteiger partial charge >= 0.3 is 6.03 Å². The van der Waals surface area contributed by atoms with Crippen LogP contribution < -0.4 is 10.6 Å². The number of urea groups is 1. The van der Waals surface area contributed by atoms with E-state index in [9.17, 15) is 14.3 Å². The summed E-state index contributed by atoms with van der Waals surface area (Å²) >= 11 is 1.64. The van der Waals surface area contributed by atoms with Crippen molar-refractivity contribution in [3.8, 4) is 0 Å². The van der Waals surface area contributed by atoms with Gasteiger partial charge in [0.05, 0.1) is 6.10 Å². The molecule has 2 amide bonds. The quantitative estimate of drug-likeness (QED) is 0.706. The number of rotatable bonds is 6. The summed E-state index contributed by atoms with van der Waals surface area (Å²) in [6.45, 7) is 2.73. The average molecular weight is 376 g/mol. The molecule has 1 saturated carbocycles. The zero-order chi connectivity index (χ0) is 18.6. The molecule has 3 rings (SSSR count). The van der Waals surface area contributed by atoms with Crippen LogP contribution in [0.3, 0.4) is 0 Å². The van der Waals surface area contributed by atoms with Crippen LogP contribution in [0.5, 0.6) is 0 Å². The van der Waals surface area contributed by atoms with Gasteiger partial charge in [0, 0.05) is 28.3 Å². The van der Waals surface area contributed by atoms with E-state index >= 15 is 0 Å². The van der Waals surface area contributed by atoms with Crippen molar-refractivity contribution in [3.05, 3.63) is 57.5 Å². The van der Waals surface area contributed by atoms with Gasteiger partial charge in [-0.2, -0.15) is 0 Å². The van der Waals surface area contributed by atoms with Gasteiger partial charge in [-0.05, 0) is 49.6 Å². The topological polar surface area (TPSA) is 61.4 Å². The molecule has 1 atom stereocenters. The standard InChI is InChI=1S/C20H25FN2O2S/c1-14(24)17-8-9-18(26-17)20(10-2-3-11-20)13-23-19(25)22-12-15-4-6-16(21)7-5-15/h4-9,14,24H,2-3,10-13H2,1H3,(H2,22,23,25)/t14-/m1/s1. The molecule has 26 heavy (non-hydrogen) atoms. The van der Waals surface area contributed by atoms with Gasteiger partial charge < -0.3 is 15.7 Å². The normalized spacial score (nSPS) is 17.0. The second kappa shape index (κ2) is 8.18. The number of carbonyl (C=O) groups excluding carboxylic acids is 1. The third kappa shape index (κ3) is 4.43. The van der Waals surface area contributed by atoms with Crippen molar-refractivity contribution in [2.75, 3.05) is 6.54 Å². The fourth-order valence-electron chi connectivity index (χ4n) is 3.52. The van der Waals surface area contributed by atoms with Crippen molar-refractivity contribution in [2.24, 2.45) is 0 Å². The second-order valence-corrected chi connectivity index (χ2v) is 8.14. The van der Waals surface area contributed by atoms with Crippen LogP contribution in [0.15, 0.2) is 36.4 Å². The lowest BCUT2D eigenvalue weighted by Crippen LogP contribution is -2.43. The maximum absolute atomic E-state index is 12.9. The largest absolute Gasteiger partial charge is 0.388 e. The zero-order valence-corrected chi connectivity index (χ0v) is 15.7. The summed E-state index contributed by atoms with van der Waals surface area (Å²) < 4.78 is 12.9. The minimum Gasteiger partial charge on any atom is -0.388 e. The SMILES string of the molecule is C[C@@H](O)c1ccc(C2(CNC(=O)NCc3ccc(F)cc3)CCCC2)s1. The minimum absolute atomic E-state index is 0.0367. The third-order valence-corrected chi connectivity index (χ3v) is 6.58. The molecule has 1 aromatic carbocycles. The molecule has 0 spiro atoms. The summed E-state index contributed by atoms with van der Waals surface area (Å²) in [6, 6.07) is 9.97. The van der Waals surface area contributed by atoms with Crippen molar-refractivity contribution >= 4 is 17.4 Å². The van der Waals surface area contributed by atoms with E-state index in [1.54, 1.807) is 30.4 Å². The highest BCUT2D eigenvalue weighted by molar-refractivity contribution is 7.12. The summed E-state index contributed by atoms with van der Waals surface area (Å²) in [5.41, 5.74) is 0.822. The summed E-state index contributed by atoms with van der Waals surface area (Å²) in [5, 5.41) is 15.6. The number of hydrogen-bond donors (Lipinski definition) is 3. The first-order valence-electron chi connectivity index (χ1n) is 9.03. The first kappa shape index (κ1) is 18.9. The van der Waals surface area contributed by atoms with Gasteiger partial charge in [0.1, 0.15) is 5.82 Å². The Morgan fingerprint density at radius 2 is 1.88 bits per heavy atom. The molecular weight excluding hydrogens is 351 g/mol. The van der Waals surface area contributed by atoms with Crippen LogP contribution in [0.1, 0.15) is 54.0 Å². The first-order chi connectivity index (χ1) is 12.5. The van der Waals surface area contributed by atoms with Gasteiger partial charge in [-0.1, -0.05) is 25.0 Å². The molecule has 140 valence electrons. The van der Waals surface area contributed by atoms with Crippen LogP contribution in [0.25, 0.3) is 0 Å². The van der Waals surface area contributed by atoms with Crippen molar-refractivity contribution in [1.82, 2.24) is 10.6 Å². The van der Waals surface area contributed by atoms with Crippen molar-refractivity contribution in [3.63, 3.8) is 0 Å². The Morgan fingerprint density at radius 1 is 1.19 bits per heavy atom. The Balaban J connectivity index is 1.58. The van der Waals surface area contributed by atoms with E-state index in [1.165, 1.54) is 17.0 Å². The van der Waals surface area contributed by atoms with E-state index in [0.29, 0.717) is 13.1 Å². The first-order valence-corrected chi connectivity index (χ1v) is 9.85. The van der Waals surface area contributed by atoms with Crippen molar-refractivity contribution in [1.29, 1.82) is 0 Å². The second-order valence-electron chi connectivity index (χ2n) is 7.03. The number of benzene rings is 1. The summed E-state index contributed by atoms with van der Waals surface area (Å²) in [5.74, 6) is -0.283. The molecule has 0 radical (unpaired) electrons. The molecular formula is C20H25FN2O2S. The third-order valence-electron chi connectivity index (χ3n) is 5.08. The lowest BCUT2D eigenvalue weighted by Gasteiger charge is -2.28. The number of aliphatic hydroxyl groups excluding tert-OH is 1. The van der Waals surface area contributed by atoms with Gasteiger partial charge in [0.2, 0.25) is 0 Å². The Hall–Kier alpha value is -1.92. The number of carbonyl (C=O) groups is 1. The zero-order valence-electron chi connectivity index (χ0n) is 14.9. The maximum Gasteiger partial charge on any atom is 0.315 e. The Labute approximate surface area is 157 Å². The maximum atomic E-state index is 12.9. The molecule has 1 aliphatic carbocycles. The Kier molecular flexibility index (Phi) is 5.94. The number of nitrogens with one attached hydrogen (secondary N) is 2. The number of aliphatic hydroxyl groups is 1. The highest BCUT2D eigenvalue weighted by atomic mass is 32.1. The van der Waals surface area contributed by atoms with E-state index in [2.05, 4.69) is 16.7 Å². The predicted octanol–water partition coefficient (Wildman–Crippen LogP) is 4.25. The van der Waals surface area contributed by atoms with E-state index in [4.69, 9.17) is 0 Å². The number of hydrogen-bond acceptors (Lipinski definition) is 3. The molecule has 0 bridgehead atoms. The minimum atomic E-state index is -0.459. The monoisotopic (exact) mass is 376 g/mol. The molecule has 2 aromatic rings. The van der Waals surface area contributed by atoms with Gasteiger partial charge in [-0.25, -0.2) is 9.18 Å². The molecule has 1 heterocycles. The van der Waals surface area contributed by atoms with Gasteiger partial charge in [-0.3, -0.25) is 0 Å². The Morgan fingerprint density at radius 3 is 2.50 bits per heavy atom. The van der Waals surface area contributed by atoms with Crippen LogP contribution in [0.4, 0.5) is 9.18 Å². The van der Waals surface area contributed by atoms with Crippen LogP contribution in [-0.2, 0) is 12.0 Å². The van der Waals surface area contributed by atoms with Crippen LogP contribution in [0.2, 0.25) is 0 Å². The molecule has 1 aromatic heterocycles. The fraction of sp³-hybridized carbons (Fsp3) is 0.450. The molecule has 1 fully saturated rings. The summed E-state index contributed by atoms with van der Waals surface area (Å²) in [7, 11) is 0. The number of amides is 2. The molecule has 4 nitrogen and oxygen atoms in total. The van der Waals surface area contributed by atoms with E-state index in [-0.39, 0.29) is 17.3 Å². The molecule has 0 unspecified atom stereocenters. The summed E-state index contributed by atoms with van der Waals surface area (Å²) in [6.07, 6.45) is 3.94. The van der Waals surface area contributed by atoms with Crippen LogP contribution >= 0.6 is 11.3 Å². The van der Waals surface area contributed by atoms with Crippen molar-refractivity contribution < 1.29 is 14.3 Å². The number of thiophene rings is 1. The van der Waals surface area contributed by atoms with Crippen LogP contribution in [-0.4, -0.2) is 17.7 Å². The fourth-order valence-corrected chi connectivity index (χ4v) is 4.71. The lowest BCUT2D eigenvalue weighted by molar-refractivity contribution is 0.203. The molecule has 1 aliphatic rings. The molecule has 3 N–H and O–H groups in total. The van der Waals surface area contributed by atoms with Gasteiger partial charge in [0.15, 0.2) is 0 Å². The lowest BCUT2D eigenvalue weighted by atomic mass is 9.84. The van der Waals surface area contributed by atoms with Gasteiger partial charge in [-0.15, -0.1) is 11.3 Å². The van der Waals surface area contributed by atoms with E-state index < -0.39 is 6.10 Å².